The summed E-state index contributed by atoms with van der Waals surface area (Å²) >= 11 is 6.31. The molecule has 2 aliphatic rings. The first-order chi connectivity index (χ1) is 15.7. The van der Waals surface area contributed by atoms with E-state index in [1.54, 1.807) is 9.42 Å². The summed E-state index contributed by atoms with van der Waals surface area (Å²) in [7, 11) is 0. The summed E-state index contributed by atoms with van der Waals surface area (Å²) in [6.07, 6.45) is 1.04. The van der Waals surface area contributed by atoms with Crippen LogP contribution in [-0.4, -0.2) is 43.5 Å². The number of nitrogens with zero attached hydrogens (tertiary/aromatic N) is 4. The Morgan fingerprint density at radius 1 is 1.24 bits per heavy atom. The fourth-order valence-electron chi connectivity index (χ4n) is 4.44. The molecule has 172 valence electrons. The van der Waals surface area contributed by atoms with Crippen LogP contribution < -0.4 is 10.1 Å². The van der Waals surface area contributed by atoms with Gasteiger partial charge in [-0.15, -0.1) is 0 Å². The van der Waals surface area contributed by atoms with Gasteiger partial charge in [0.2, 0.25) is 5.91 Å². The third kappa shape index (κ3) is 3.80. The Morgan fingerprint density at radius 3 is 2.73 bits per heavy atom. The molecule has 1 fully saturated rings. The molecule has 2 amide bonds. The normalized spacial score (nSPS) is 19.4. The molecule has 2 aromatic heterocycles. The maximum absolute atomic E-state index is 14.0. The third-order valence-electron chi connectivity index (χ3n) is 6.21. The van der Waals surface area contributed by atoms with Crippen LogP contribution in [0.2, 0.25) is 5.02 Å². The molecule has 5 rings (SSSR count). The standard InChI is InChI=1S/C23H23ClFN5O3/c1-11-21(24)12(2)30-22(26-11)18-9-29(10-19(18)28-30)23(32)17-5-4-14(25)6-20(17)33-16-7-15(8-16)27-13(3)31/h4-6,15-16H,7-10H2,1-3H3,(H,27,31)/t15-,16-. The van der Waals surface area contributed by atoms with Gasteiger partial charge < -0.3 is 15.0 Å². The second kappa shape index (κ2) is 7.98. The molecule has 33 heavy (non-hydrogen) atoms. The maximum atomic E-state index is 14.0. The first kappa shape index (κ1) is 21.6. The largest absolute Gasteiger partial charge is 0.489 e. The van der Waals surface area contributed by atoms with Gasteiger partial charge in [0.05, 0.1) is 40.8 Å². The molecule has 8 nitrogen and oxygen atoms in total. The quantitative estimate of drug-likeness (QED) is 0.630. The molecule has 10 heteroatoms. The van der Waals surface area contributed by atoms with Crippen LogP contribution in [0.25, 0.3) is 5.65 Å². The third-order valence-corrected chi connectivity index (χ3v) is 6.76. The van der Waals surface area contributed by atoms with Crippen molar-refractivity contribution in [1.29, 1.82) is 0 Å². The minimum Gasteiger partial charge on any atom is -0.489 e. The van der Waals surface area contributed by atoms with Crippen LogP contribution >= 0.6 is 11.6 Å². The van der Waals surface area contributed by atoms with Crippen LogP contribution in [0.5, 0.6) is 5.75 Å². The van der Waals surface area contributed by atoms with E-state index in [9.17, 15) is 14.0 Å². The van der Waals surface area contributed by atoms with Gasteiger partial charge in [0.15, 0.2) is 5.65 Å². The smallest absolute Gasteiger partial charge is 0.258 e. The van der Waals surface area contributed by atoms with Gasteiger partial charge in [-0.2, -0.15) is 5.10 Å². The predicted octanol–water partition coefficient (Wildman–Crippen LogP) is 3.34. The second-order valence-corrected chi connectivity index (χ2v) is 9.05. The first-order valence-electron chi connectivity index (χ1n) is 10.8. The Morgan fingerprint density at radius 2 is 2.00 bits per heavy atom. The minimum atomic E-state index is -0.478. The zero-order valence-electron chi connectivity index (χ0n) is 18.5. The number of hydrogen-bond acceptors (Lipinski definition) is 5. The number of aromatic nitrogens is 3. The average molecular weight is 472 g/mol. The van der Waals surface area contributed by atoms with Crippen LogP contribution in [0, 0.1) is 19.7 Å². The van der Waals surface area contributed by atoms with Crippen LogP contribution in [-0.2, 0) is 17.9 Å². The molecule has 0 radical (unpaired) electrons. The van der Waals surface area contributed by atoms with E-state index in [1.807, 2.05) is 13.8 Å². The molecule has 3 aromatic rings. The summed E-state index contributed by atoms with van der Waals surface area (Å²) in [6, 6.07) is 3.98. The highest BCUT2D eigenvalue weighted by molar-refractivity contribution is 6.31. The number of carbonyl (C=O) groups excluding carboxylic acids is 2. The number of benzene rings is 1. The highest BCUT2D eigenvalue weighted by Crippen LogP contribution is 2.33. The molecule has 1 aromatic carbocycles. The molecular weight excluding hydrogens is 449 g/mol. The molecular formula is C23H23ClFN5O3. The van der Waals surface area contributed by atoms with Crippen molar-refractivity contribution in [3.8, 4) is 5.75 Å². The lowest BCUT2D eigenvalue weighted by Crippen LogP contribution is -2.48. The Bertz CT molecular complexity index is 1300. The van der Waals surface area contributed by atoms with Crippen molar-refractivity contribution in [2.45, 2.75) is 58.8 Å². The SMILES string of the molecule is CC(=O)N[C@H]1C[C@H](Oc2cc(F)ccc2C(=O)N2Cc3nn4c(C)c(Cl)c(C)nc4c3C2)C1. The summed E-state index contributed by atoms with van der Waals surface area (Å²) in [5.74, 6) is -0.626. The van der Waals surface area contributed by atoms with Crippen molar-refractivity contribution in [3.05, 3.63) is 57.2 Å². The fourth-order valence-corrected chi connectivity index (χ4v) is 4.57. The number of nitrogens with one attached hydrogen (secondary N) is 1. The molecule has 0 unspecified atom stereocenters. The number of hydrogen-bond donors (Lipinski definition) is 1. The molecule has 3 heterocycles. The number of halogens is 2. The van der Waals surface area contributed by atoms with Gasteiger partial charge in [0, 0.05) is 37.4 Å². The summed E-state index contributed by atoms with van der Waals surface area (Å²) in [4.78, 5) is 30.8. The van der Waals surface area contributed by atoms with Crippen molar-refractivity contribution in [1.82, 2.24) is 24.8 Å². The number of aryl methyl sites for hydroxylation is 2. The number of ether oxygens (including phenoxy) is 1. The van der Waals surface area contributed by atoms with Crippen molar-refractivity contribution in [3.63, 3.8) is 0 Å². The van der Waals surface area contributed by atoms with Gasteiger partial charge in [-0.25, -0.2) is 13.9 Å². The lowest BCUT2D eigenvalue weighted by molar-refractivity contribution is -0.120. The van der Waals surface area contributed by atoms with Gasteiger partial charge in [-0.1, -0.05) is 11.6 Å². The zero-order chi connectivity index (χ0) is 23.4. The van der Waals surface area contributed by atoms with Gasteiger partial charge in [-0.05, 0) is 26.0 Å². The van der Waals surface area contributed by atoms with E-state index in [0.29, 0.717) is 47.9 Å². The van der Waals surface area contributed by atoms with Gasteiger partial charge in [0.25, 0.3) is 5.91 Å². The summed E-state index contributed by atoms with van der Waals surface area (Å²) in [5.41, 5.74) is 4.15. The molecule has 1 aliphatic carbocycles. The number of fused-ring (bicyclic) bond motifs is 3. The lowest BCUT2D eigenvalue weighted by Gasteiger charge is -2.36. The summed E-state index contributed by atoms with van der Waals surface area (Å²) in [5, 5.41) is 8.01. The monoisotopic (exact) mass is 471 g/mol. The Hall–Kier alpha value is -3.20. The van der Waals surface area contributed by atoms with Crippen molar-refractivity contribution in [2.24, 2.45) is 0 Å². The van der Waals surface area contributed by atoms with E-state index < -0.39 is 5.82 Å². The predicted molar refractivity (Wildman–Crippen MR) is 119 cm³/mol. The number of amides is 2. The molecule has 0 saturated heterocycles. The lowest BCUT2D eigenvalue weighted by atomic mass is 9.89. The van der Waals surface area contributed by atoms with Gasteiger partial charge >= 0.3 is 0 Å². The summed E-state index contributed by atoms with van der Waals surface area (Å²) < 4.78 is 21.6. The first-order valence-corrected chi connectivity index (χ1v) is 11.1. The summed E-state index contributed by atoms with van der Waals surface area (Å²) in [6.45, 7) is 5.85. The van der Waals surface area contributed by atoms with Crippen LogP contribution in [0.15, 0.2) is 18.2 Å². The fraction of sp³-hybridized carbons (Fsp3) is 0.391. The van der Waals surface area contributed by atoms with Crippen LogP contribution in [0.4, 0.5) is 4.39 Å². The minimum absolute atomic E-state index is 0.0399. The molecule has 1 N–H and O–H groups in total. The molecule has 1 saturated carbocycles. The van der Waals surface area contributed by atoms with E-state index in [2.05, 4.69) is 15.4 Å². The molecule has 0 atom stereocenters. The highest BCUT2D eigenvalue weighted by atomic mass is 35.5. The second-order valence-electron chi connectivity index (χ2n) is 8.67. The van der Waals surface area contributed by atoms with Gasteiger partial charge in [0.1, 0.15) is 17.7 Å². The van der Waals surface area contributed by atoms with Crippen LogP contribution in [0.1, 0.15) is 52.8 Å². The van der Waals surface area contributed by atoms with E-state index in [-0.39, 0.29) is 29.7 Å². The van der Waals surface area contributed by atoms with Crippen molar-refractivity contribution >= 4 is 29.1 Å². The van der Waals surface area contributed by atoms with E-state index in [0.717, 1.165) is 17.0 Å². The van der Waals surface area contributed by atoms with E-state index >= 15 is 0 Å². The molecule has 1 aliphatic heterocycles. The number of rotatable bonds is 4. The van der Waals surface area contributed by atoms with Crippen molar-refractivity contribution < 1.29 is 18.7 Å². The Kier molecular flexibility index (Phi) is 5.23. The zero-order valence-corrected chi connectivity index (χ0v) is 19.2. The van der Waals surface area contributed by atoms with E-state index in [1.165, 1.54) is 25.1 Å². The van der Waals surface area contributed by atoms with Gasteiger partial charge in [-0.3, -0.25) is 9.59 Å². The molecule has 0 spiro atoms. The van der Waals surface area contributed by atoms with Crippen LogP contribution in [0.3, 0.4) is 0 Å². The maximum Gasteiger partial charge on any atom is 0.258 e. The Balaban J connectivity index is 1.36. The Labute approximate surface area is 194 Å². The van der Waals surface area contributed by atoms with E-state index in [4.69, 9.17) is 16.3 Å². The average Bonchev–Trinajstić information content (AvgIpc) is 3.29. The van der Waals surface area contributed by atoms with Crippen molar-refractivity contribution in [2.75, 3.05) is 0 Å². The topological polar surface area (TPSA) is 88.8 Å². The molecule has 0 bridgehead atoms. The number of carbonyl (C=O) groups is 2. The highest BCUT2D eigenvalue weighted by Gasteiger charge is 2.34.